The maximum atomic E-state index is 10.9. The predicted octanol–water partition coefficient (Wildman–Crippen LogP) is 2.95. The Morgan fingerprint density at radius 3 is 3.24 bits per heavy atom. The van der Waals surface area contributed by atoms with E-state index in [0.29, 0.717) is 24.2 Å². The molecule has 0 saturated carbocycles. The SMILES string of the molecule is CC(=O)CCC(C)/C=C1/C=CC2CCCN2C1. The Kier molecular flexibility index (Phi) is 4.16. The molecule has 2 nitrogen and oxygen atoms in total. The molecule has 94 valence electrons. The number of hydrogen-bond acceptors (Lipinski definition) is 2. The maximum absolute atomic E-state index is 10.9. The van der Waals surface area contributed by atoms with Crippen LogP contribution in [-0.4, -0.2) is 29.8 Å². The first kappa shape index (κ1) is 12.6. The average Bonchev–Trinajstić information content (AvgIpc) is 2.73. The van der Waals surface area contributed by atoms with E-state index in [1.807, 2.05) is 0 Å². The largest absolute Gasteiger partial charge is 0.300 e. The van der Waals surface area contributed by atoms with Crippen LogP contribution < -0.4 is 0 Å². The van der Waals surface area contributed by atoms with E-state index in [4.69, 9.17) is 0 Å². The highest BCUT2D eigenvalue weighted by atomic mass is 16.1. The summed E-state index contributed by atoms with van der Waals surface area (Å²) in [5.41, 5.74) is 1.43. The van der Waals surface area contributed by atoms with Crippen LogP contribution in [0.25, 0.3) is 0 Å². The standard InChI is InChI=1S/C15H23NO/c1-12(5-6-13(2)17)10-14-7-8-15-4-3-9-16(15)11-14/h7-8,10,12,15H,3-6,9,11H2,1-2H3/b14-10-. The summed E-state index contributed by atoms with van der Waals surface area (Å²) in [5.74, 6) is 0.812. The van der Waals surface area contributed by atoms with Gasteiger partial charge in [0.2, 0.25) is 0 Å². The molecule has 0 bridgehead atoms. The molecule has 0 amide bonds. The van der Waals surface area contributed by atoms with Crippen LogP contribution in [0.1, 0.15) is 39.5 Å². The van der Waals surface area contributed by atoms with E-state index in [9.17, 15) is 4.79 Å². The number of hydrogen-bond donors (Lipinski definition) is 0. The van der Waals surface area contributed by atoms with Gasteiger partial charge in [0.25, 0.3) is 0 Å². The third-order valence-corrected chi connectivity index (χ3v) is 3.78. The highest BCUT2D eigenvalue weighted by Crippen LogP contribution is 2.25. The van der Waals surface area contributed by atoms with Crippen molar-refractivity contribution in [3.05, 3.63) is 23.8 Å². The summed E-state index contributed by atoms with van der Waals surface area (Å²) in [5, 5.41) is 0. The van der Waals surface area contributed by atoms with Gasteiger partial charge in [-0.1, -0.05) is 25.2 Å². The van der Waals surface area contributed by atoms with Crippen molar-refractivity contribution in [2.24, 2.45) is 5.92 Å². The minimum atomic E-state index is 0.300. The van der Waals surface area contributed by atoms with Gasteiger partial charge in [-0.05, 0) is 44.2 Å². The highest BCUT2D eigenvalue weighted by Gasteiger charge is 2.25. The van der Waals surface area contributed by atoms with Crippen molar-refractivity contribution in [2.75, 3.05) is 13.1 Å². The van der Waals surface area contributed by atoms with Gasteiger partial charge in [0.05, 0.1) is 0 Å². The first-order chi connectivity index (χ1) is 8.15. The van der Waals surface area contributed by atoms with Crippen molar-refractivity contribution >= 4 is 5.78 Å². The first-order valence-corrected chi connectivity index (χ1v) is 6.77. The zero-order chi connectivity index (χ0) is 12.3. The lowest BCUT2D eigenvalue weighted by Crippen LogP contribution is -2.32. The van der Waals surface area contributed by atoms with E-state index in [-0.39, 0.29) is 0 Å². The lowest BCUT2D eigenvalue weighted by atomic mass is 9.98. The number of rotatable bonds is 4. The first-order valence-electron chi connectivity index (χ1n) is 6.77. The van der Waals surface area contributed by atoms with E-state index in [0.717, 1.165) is 13.0 Å². The summed E-state index contributed by atoms with van der Waals surface area (Å²) < 4.78 is 0. The molecule has 0 aromatic heterocycles. The molecule has 1 fully saturated rings. The zero-order valence-corrected chi connectivity index (χ0v) is 11.0. The smallest absolute Gasteiger partial charge is 0.129 e. The number of carbonyl (C=O) groups excluding carboxylic acids is 1. The number of nitrogens with zero attached hydrogens (tertiary/aromatic N) is 1. The number of fused-ring (bicyclic) bond motifs is 1. The van der Waals surface area contributed by atoms with Gasteiger partial charge in [-0.2, -0.15) is 0 Å². The molecule has 0 radical (unpaired) electrons. The molecule has 2 heteroatoms. The van der Waals surface area contributed by atoms with E-state index in [2.05, 4.69) is 30.1 Å². The van der Waals surface area contributed by atoms with Gasteiger partial charge < -0.3 is 4.79 Å². The zero-order valence-electron chi connectivity index (χ0n) is 11.0. The lowest BCUT2D eigenvalue weighted by molar-refractivity contribution is -0.117. The molecule has 17 heavy (non-hydrogen) atoms. The van der Waals surface area contributed by atoms with Crippen LogP contribution in [0.4, 0.5) is 0 Å². The van der Waals surface area contributed by atoms with Crippen LogP contribution >= 0.6 is 0 Å². The molecule has 0 aliphatic carbocycles. The summed E-state index contributed by atoms with van der Waals surface area (Å²) in [7, 11) is 0. The number of Topliss-reactive ketones (excluding diaryl/α,β-unsaturated/α-hetero) is 1. The van der Waals surface area contributed by atoms with Gasteiger partial charge in [-0.25, -0.2) is 0 Å². The Morgan fingerprint density at radius 1 is 1.65 bits per heavy atom. The topological polar surface area (TPSA) is 20.3 Å². The molecule has 0 N–H and O–H groups in total. The number of allylic oxidation sites excluding steroid dienone is 1. The summed E-state index contributed by atoms with van der Waals surface area (Å²) in [4.78, 5) is 13.5. The number of ketones is 1. The fourth-order valence-corrected chi connectivity index (χ4v) is 2.78. The summed E-state index contributed by atoms with van der Waals surface area (Å²) in [6.07, 6.45) is 11.3. The van der Waals surface area contributed by atoms with E-state index >= 15 is 0 Å². The molecule has 2 heterocycles. The Morgan fingerprint density at radius 2 is 2.47 bits per heavy atom. The van der Waals surface area contributed by atoms with Crippen molar-refractivity contribution in [2.45, 2.75) is 45.6 Å². The van der Waals surface area contributed by atoms with Crippen LogP contribution in [-0.2, 0) is 4.79 Å². The predicted molar refractivity (Wildman–Crippen MR) is 70.9 cm³/mol. The van der Waals surface area contributed by atoms with Crippen LogP contribution in [0.3, 0.4) is 0 Å². The molecule has 0 aromatic carbocycles. The molecule has 2 aliphatic rings. The summed E-state index contributed by atoms with van der Waals surface area (Å²) in [6.45, 7) is 6.23. The van der Waals surface area contributed by atoms with Crippen LogP contribution in [0.5, 0.6) is 0 Å². The second-order valence-electron chi connectivity index (χ2n) is 5.50. The van der Waals surface area contributed by atoms with Gasteiger partial charge >= 0.3 is 0 Å². The van der Waals surface area contributed by atoms with Gasteiger partial charge in [0.15, 0.2) is 0 Å². The lowest BCUT2D eigenvalue weighted by Gasteiger charge is -2.27. The van der Waals surface area contributed by atoms with Gasteiger partial charge in [-0.15, -0.1) is 0 Å². The van der Waals surface area contributed by atoms with Gasteiger partial charge in [0.1, 0.15) is 5.78 Å². The molecule has 1 saturated heterocycles. The Labute approximate surface area is 104 Å². The third-order valence-electron chi connectivity index (χ3n) is 3.78. The van der Waals surface area contributed by atoms with Crippen LogP contribution in [0.15, 0.2) is 23.8 Å². The molecule has 0 aromatic rings. The number of carbonyl (C=O) groups is 1. The van der Waals surface area contributed by atoms with Crippen molar-refractivity contribution in [1.82, 2.24) is 4.90 Å². The van der Waals surface area contributed by atoms with Crippen molar-refractivity contribution < 1.29 is 4.79 Å². The van der Waals surface area contributed by atoms with Crippen molar-refractivity contribution in [3.63, 3.8) is 0 Å². The highest BCUT2D eigenvalue weighted by molar-refractivity contribution is 5.75. The minimum absolute atomic E-state index is 0.300. The van der Waals surface area contributed by atoms with Crippen LogP contribution in [0.2, 0.25) is 0 Å². The second-order valence-corrected chi connectivity index (χ2v) is 5.50. The molecule has 2 rings (SSSR count). The average molecular weight is 233 g/mol. The second kappa shape index (κ2) is 5.63. The van der Waals surface area contributed by atoms with Crippen LogP contribution in [0, 0.1) is 5.92 Å². The van der Waals surface area contributed by atoms with E-state index in [1.165, 1.54) is 25.0 Å². The molecular formula is C15H23NO. The summed E-state index contributed by atoms with van der Waals surface area (Å²) in [6, 6.07) is 0.694. The Balaban J connectivity index is 1.89. The molecule has 0 spiro atoms. The molecule has 2 atom stereocenters. The van der Waals surface area contributed by atoms with E-state index < -0.39 is 0 Å². The molecule has 2 aliphatic heterocycles. The molecule has 2 unspecified atom stereocenters. The molecular weight excluding hydrogens is 210 g/mol. The van der Waals surface area contributed by atoms with Gasteiger partial charge in [-0.3, -0.25) is 4.90 Å². The fraction of sp³-hybridized carbons (Fsp3) is 0.667. The quantitative estimate of drug-likeness (QED) is 0.744. The summed E-state index contributed by atoms with van der Waals surface area (Å²) >= 11 is 0. The fourth-order valence-electron chi connectivity index (χ4n) is 2.78. The van der Waals surface area contributed by atoms with E-state index in [1.54, 1.807) is 6.92 Å². The normalized spacial score (nSPS) is 28.4. The Hall–Kier alpha value is -0.890. The monoisotopic (exact) mass is 233 g/mol. The van der Waals surface area contributed by atoms with Crippen molar-refractivity contribution in [3.8, 4) is 0 Å². The Bertz CT molecular complexity index is 343. The third kappa shape index (κ3) is 3.53. The minimum Gasteiger partial charge on any atom is -0.300 e. The van der Waals surface area contributed by atoms with Crippen molar-refractivity contribution in [1.29, 1.82) is 0 Å². The maximum Gasteiger partial charge on any atom is 0.129 e. The van der Waals surface area contributed by atoms with Gasteiger partial charge in [0, 0.05) is 19.0 Å².